The van der Waals surface area contributed by atoms with Crippen molar-refractivity contribution in [2.75, 3.05) is 39.8 Å². The van der Waals surface area contributed by atoms with Crippen LogP contribution in [0.2, 0.25) is 0 Å². The molecule has 0 heterocycles. The molecule has 0 atom stereocenters. The summed E-state index contributed by atoms with van der Waals surface area (Å²) in [6.45, 7) is 2.11. The normalized spacial score (nSPS) is 11.8. The number of nitrogens with zero attached hydrogens (tertiary/aromatic N) is 1. The number of hydrogen-bond donors (Lipinski definition) is 2. The number of unbranched alkanes of at least 4 members (excludes halogenated alkanes) is 5. The summed E-state index contributed by atoms with van der Waals surface area (Å²) in [6.07, 6.45) is 7.11. The molecule has 6 nitrogen and oxygen atoms in total. The highest BCUT2D eigenvalue weighted by Crippen LogP contribution is 2.06. The van der Waals surface area contributed by atoms with E-state index in [2.05, 4.69) is 6.92 Å². The quantitative estimate of drug-likeness (QED) is 0.263. The summed E-state index contributed by atoms with van der Waals surface area (Å²) in [5.41, 5.74) is 0. The van der Waals surface area contributed by atoms with Gasteiger partial charge in [-0.05, 0) is 6.42 Å². The minimum Gasteiger partial charge on any atom is -0.544 e. The van der Waals surface area contributed by atoms with E-state index >= 15 is 0 Å². The fourth-order valence-corrected chi connectivity index (χ4v) is 1.98. The highest BCUT2D eigenvalue weighted by molar-refractivity contribution is 5.65. The Hall–Kier alpha value is -0.690. The van der Waals surface area contributed by atoms with Crippen LogP contribution in [0.5, 0.6) is 0 Å². The third-order valence-corrected chi connectivity index (χ3v) is 3.42. The topological polar surface area (TPSA) is 89.8 Å². The van der Waals surface area contributed by atoms with Crippen molar-refractivity contribution in [2.45, 2.75) is 45.4 Å². The van der Waals surface area contributed by atoms with E-state index in [0.717, 1.165) is 12.8 Å². The summed E-state index contributed by atoms with van der Waals surface area (Å²) in [6, 6.07) is 0. The average Bonchev–Trinajstić information content (AvgIpc) is 2.44. The molecular weight excluding hydrogens is 262 g/mol. The van der Waals surface area contributed by atoms with Gasteiger partial charge in [-0.25, -0.2) is 0 Å². The van der Waals surface area contributed by atoms with Crippen LogP contribution in [0, 0.1) is 0 Å². The Bertz CT molecular complexity index is 244. The molecule has 0 amide bonds. The molecule has 0 aromatic carbocycles. The average molecular weight is 291 g/mol. The molecule has 2 N–H and O–H groups in total. The van der Waals surface area contributed by atoms with Gasteiger partial charge in [-0.1, -0.05) is 39.0 Å². The van der Waals surface area contributed by atoms with Gasteiger partial charge in [0.15, 0.2) is 13.5 Å². The Morgan fingerprint density at radius 3 is 2.20 bits per heavy atom. The Kier molecular flexibility index (Phi) is 11.7. The number of aliphatic carboxylic acids is 1. The molecule has 20 heavy (non-hydrogen) atoms. The van der Waals surface area contributed by atoms with Crippen LogP contribution in [0.25, 0.3) is 0 Å². The minimum atomic E-state index is -1.29. The van der Waals surface area contributed by atoms with Gasteiger partial charge in [-0.15, -0.1) is 0 Å². The fourth-order valence-electron chi connectivity index (χ4n) is 1.98. The first kappa shape index (κ1) is 19.3. The van der Waals surface area contributed by atoms with Gasteiger partial charge in [0.2, 0.25) is 0 Å². The number of carboxylic acid groups (broad SMARTS) is 1. The molecule has 0 saturated heterocycles. The van der Waals surface area contributed by atoms with Crippen molar-refractivity contribution in [1.82, 2.24) is 0 Å². The number of hydrogen-bond acceptors (Lipinski definition) is 5. The SMILES string of the molecule is CCCCCCCCOCC[N+](CO)(CO)CC(=O)[O-]. The molecule has 0 fully saturated rings. The molecule has 0 aromatic rings. The largest absolute Gasteiger partial charge is 0.544 e. The van der Waals surface area contributed by atoms with Crippen LogP contribution in [0.1, 0.15) is 45.4 Å². The number of aliphatic hydroxyl groups excluding tert-OH is 2. The Morgan fingerprint density at radius 2 is 1.65 bits per heavy atom. The van der Waals surface area contributed by atoms with Crippen LogP contribution < -0.4 is 5.11 Å². The van der Waals surface area contributed by atoms with Gasteiger partial charge in [-0.3, -0.25) is 4.48 Å². The van der Waals surface area contributed by atoms with E-state index in [4.69, 9.17) is 4.74 Å². The lowest BCUT2D eigenvalue weighted by Gasteiger charge is -2.34. The monoisotopic (exact) mass is 291 g/mol. The first-order valence-electron chi connectivity index (χ1n) is 7.44. The molecule has 0 radical (unpaired) electrons. The number of carbonyl (C=O) groups is 1. The van der Waals surface area contributed by atoms with Gasteiger partial charge in [-0.2, -0.15) is 0 Å². The molecule has 0 rings (SSSR count). The summed E-state index contributed by atoms with van der Waals surface area (Å²) >= 11 is 0. The first-order valence-corrected chi connectivity index (χ1v) is 7.44. The van der Waals surface area contributed by atoms with Gasteiger partial charge in [0.05, 0.1) is 12.6 Å². The van der Waals surface area contributed by atoms with E-state index in [1.807, 2.05) is 0 Å². The predicted molar refractivity (Wildman–Crippen MR) is 73.4 cm³/mol. The molecule has 0 aliphatic carbocycles. The Morgan fingerprint density at radius 1 is 1.05 bits per heavy atom. The van der Waals surface area contributed by atoms with E-state index in [1.54, 1.807) is 0 Å². The molecule has 0 aromatic heterocycles. The maximum atomic E-state index is 10.6. The van der Waals surface area contributed by atoms with Crippen LogP contribution >= 0.6 is 0 Å². The zero-order valence-electron chi connectivity index (χ0n) is 12.6. The molecule has 0 aliphatic heterocycles. The molecular formula is C14H29NO5. The standard InChI is InChI=1S/C14H29NO5/c1-2-3-4-5-6-7-9-20-10-8-15(12-16,13-17)11-14(18)19/h16-17H,2-13H2,1H3. The second-order valence-corrected chi connectivity index (χ2v) is 5.26. The van der Waals surface area contributed by atoms with E-state index < -0.39 is 26.0 Å². The third kappa shape index (κ3) is 9.25. The van der Waals surface area contributed by atoms with Crippen LogP contribution in [0.4, 0.5) is 0 Å². The fraction of sp³-hybridized carbons (Fsp3) is 0.929. The van der Waals surface area contributed by atoms with Crippen LogP contribution in [0.3, 0.4) is 0 Å². The smallest absolute Gasteiger partial charge is 0.182 e. The molecule has 120 valence electrons. The van der Waals surface area contributed by atoms with Gasteiger partial charge in [0.25, 0.3) is 0 Å². The molecule has 0 aliphatic rings. The lowest BCUT2D eigenvalue weighted by Crippen LogP contribution is -2.56. The van der Waals surface area contributed by atoms with Crippen molar-refractivity contribution in [3.8, 4) is 0 Å². The predicted octanol–water partition coefficient (Wildman–Crippen LogP) is -0.170. The van der Waals surface area contributed by atoms with Crippen molar-refractivity contribution in [3.05, 3.63) is 0 Å². The number of carbonyl (C=O) groups excluding carboxylic acids is 1. The van der Waals surface area contributed by atoms with Gasteiger partial charge in [0.1, 0.15) is 13.1 Å². The molecule has 0 bridgehead atoms. The Balaban J connectivity index is 3.66. The summed E-state index contributed by atoms with van der Waals surface area (Å²) < 4.78 is 5.10. The zero-order valence-corrected chi connectivity index (χ0v) is 12.6. The third-order valence-electron chi connectivity index (χ3n) is 3.42. The molecule has 0 spiro atoms. The highest BCUT2D eigenvalue weighted by atomic mass is 16.5. The van der Waals surface area contributed by atoms with E-state index in [-0.39, 0.29) is 11.0 Å². The minimum absolute atomic E-state index is 0.261. The molecule has 0 unspecified atom stereocenters. The number of ether oxygens (including phenoxy) is 1. The lowest BCUT2D eigenvalue weighted by molar-refractivity contribution is -0.956. The first-order chi connectivity index (χ1) is 9.60. The number of rotatable bonds is 14. The number of quaternary nitrogens is 1. The second kappa shape index (κ2) is 12.1. The highest BCUT2D eigenvalue weighted by Gasteiger charge is 2.25. The van der Waals surface area contributed by atoms with Crippen molar-refractivity contribution >= 4 is 5.97 Å². The van der Waals surface area contributed by atoms with E-state index in [1.165, 1.54) is 25.7 Å². The zero-order chi connectivity index (χ0) is 15.3. The maximum absolute atomic E-state index is 10.6. The maximum Gasteiger partial charge on any atom is 0.182 e. The molecule has 0 saturated carbocycles. The van der Waals surface area contributed by atoms with Gasteiger partial charge < -0.3 is 24.9 Å². The van der Waals surface area contributed by atoms with Crippen molar-refractivity contribution in [2.24, 2.45) is 0 Å². The number of aliphatic hydroxyl groups is 2. The van der Waals surface area contributed by atoms with Crippen molar-refractivity contribution in [1.29, 1.82) is 0 Å². The van der Waals surface area contributed by atoms with Gasteiger partial charge >= 0.3 is 0 Å². The summed E-state index contributed by atoms with van der Waals surface area (Å²) in [7, 11) is 0. The summed E-state index contributed by atoms with van der Waals surface area (Å²) in [4.78, 5) is 10.6. The molecule has 6 heteroatoms. The lowest BCUT2D eigenvalue weighted by atomic mass is 10.1. The second-order valence-electron chi connectivity index (χ2n) is 5.26. The summed E-state index contributed by atoms with van der Waals surface area (Å²) in [5.74, 6) is -1.29. The van der Waals surface area contributed by atoms with E-state index in [9.17, 15) is 20.1 Å². The van der Waals surface area contributed by atoms with Gasteiger partial charge in [0, 0.05) is 6.61 Å². The number of carboxylic acids is 1. The Labute approximate surface area is 121 Å². The van der Waals surface area contributed by atoms with Crippen LogP contribution in [-0.4, -0.2) is 60.4 Å². The van der Waals surface area contributed by atoms with Crippen LogP contribution in [-0.2, 0) is 9.53 Å². The van der Waals surface area contributed by atoms with Crippen molar-refractivity contribution in [3.63, 3.8) is 0 Å². The van der Waals surface area contributed by atoms with Crippen molar-refractivity contribution < 1.29 is 29.3 Å². The van der Waals surface area contributed by atoms with E-state index in [0.29, 0.717) is 13.2 Å². The summed E-state index contributed by atoms with van der Waals surface area (Å²) in [5, 5.41) is 29.0. The van der Waals surface area contributed by atoms with Crippen LogP contribution in [0.15, 0.2) is 0 Å².